The van der Waals surface area contributed by atoms with E-state index in [4.69, 9.17) is 5.11 Å². The van der Waals surface area contributed by atoms with Crippen molar-refractivity contribution in [2.24, 2.45) is 0 Å². The minimum atomic E-state index is -0.571. The number of amides is 1. The van der Waals surface area contributed by atoms with E-state index < -0.39 is 11.7 Å². The summed E-state index contributed by atoms with van der Waals surface area (Å²) in [5.74, 6) is 4.11. The first-order valence-corrected chi connectivity index (χ1v) is 6.32. The number of aliphatic hydroxyl groups is 1. The molecule has 0 aliphatic carbocycles. The molecule has 0 spiro atoms. The number of carbonyl (C=O) groups excluding carboxylic acids is 1. The quantitative estimate of drug-likeness (QED) is 0.817. The van der Waals surface area contributed by atoms with Crippen molar-refractivity contribution in [2.75, 3.05) is 6.61 Å². The predicted molar refractivity (Wildman–Crippen MR) is 72.2 cm³/mol. The molecule has 0 saturated carbocycles. The third-order valence-electron chi connectivity index (χ3n) is 2.84. The maximum atomic E-state index is 13.6. The number of hydrogen-bond acceptors (Lipinski definition) is 2. The Morgan fingerprint density at radius 1 is 1.42 bits per heavy atom. The molecule has 0 aliphatic heterocycles. The van der Waals surface area contributed by atoms with Crippen LogP contribution < -0.4 is 5.32 Å². The zero-order chi connectivity index (χ0) is 14.3. The van der Waals surface area contributed by atoms with Gasteiger partial charge in [-0.05, 0) is 31.0 Å². The highest BCUT2D eigenvalue weighted by Gasteiger charge is 2.15. The van der Waals surface area contributed by atoms with Crippen LogP contribution in [-0.4, -0.2) is 23.7 Å². The molecule has 19 heavy (non-hydrogen) atoms. The van der Waals surface area contributed by atoms with E-state index >= 15 is 0 Å². The summed E-state index contributed by atoms with van der Waals surface area (Å²) < 4.78 is 13.6. The Morgan fingerprint density at radius 2 is 2.11 bits per heavy atom. The van der Waals surface area contributed by atoms with E-state index in [0.717, 1.165) is 12.8 Å². The fourth-order valence-corrected chi connectivity index (χ4v) is 1.67. The molecular formula is C15H18FNO2. The van der Waals surface area contributed by atoms with Gasteiger partial charge < -0.3 is 10.4 Å². The van der Waals surface area contributed by atoms with Gasteiger partial charge in [0.2, 0.25) is 0 Å². The second-order valence-electron chi connectivity index (χ2n) is 4.14. The first-order valence-electron chi connectivity index (χ1n) is 6.32. The zero-order valence-corrected chi connectivity index (χ0v) is 11.2. The fourth-order valence-electron chi connectivity index (χ4n) is 1.67. The smallest absolute Gasteiger partial charge is 0.254 e. The van der Waals surface area contributed by atoms with Gasteiger partial charge in [0, 0.05) is 11.6 Å². The summed E-state index contributed by atoms with van der Waals surface area (Å²) in [7, 11) is 0. The fraction of sp³-hybridized carbons (Fsp3) is 0.400. The zero-order valence-electron chi connectivity index (χ0n) is 11.2. The van der Waals surface area contributed by atoms with E-state index in [0.29, 0.717) is 5.56 Å². The Hall–Kier alpha value is -1.86. The summed E-state index contributed by atoms with van der Waals surface area (Å²) in [6, 6.07) is 4.13. The molecule has 0 radical (unpaired) electrons. The van der Waals surface area contributed by atoms with Gasteiger partial charge in [-0.15, -0.1) is 0 Å². The molecule has 0 aromatic heterocycles. The number of hydrogen-bond donors (Lipinski definition) is 2. The van der Waals surface area contributed by atoms with Gasteiger partial charge in [0.05, 0.1) is 5.56 Å². The van der Waals surface area contributed by atoms with Crippen LogP contribution in [0.3, 0.4) is 0 Å². The Morgan fingerprint density at radius 3 is 2.68 bits per heavy atom. The van der Waals surface area contributed by atoms with Crippen LogP contribution in [0.1, 0.15) is 42.6 Å². The molecule has 1 amide bonds. The van der Waals surface area contributed by atoms with E-state index in [2.05, 4.69) is 17.2 Å². The number of rotatable bonds is 4. The van der Waals surface area contributed by atoms with Gasteiger partial charge in [-0.1, -0.05) is 25.7 Å². The number of halogens is 1. The van der Waals surface area contributed by atoms with Crippen molar-refractivity contribution < 1.29 is 14.3 Å². The first-order chi connectivity index (χ1) is 9.12. The number of aliphatic hydroxyl groups excluding tert-OH is 1. The molecule has 102 valence electrons. The number of carbonyl (C=O) groups is 1. The molecule has 2 N–H and O–H groups in total. The highest BCUT2D eigenvalue weighted by molar-refractivity contribution is 5.95. The Kier molecular flexibility index (Phi) is 6.04. The van der Waals surface area contributed by atoms with E-state index in [1.165, 1.54) is 18.2 Å². The van der Waals surface area contributed by atoms with Crippen molar-refractivity contribution in [2.45, 2.75) is 32.7 Å². The van der Waals surface area contributed by atoms with Gasteiger partial charge in [0.15, 0.2) is 0 Å². The van der Waals surface area contributed by atoms with Crippen LogP contribution in [0.25, 0.3) is 0 Å². The molecule has 4 heteroatoms. The third-order valence-corrected chi connectivity index (χ3v) is 2.84. The molecule has 1 aromatic rings. The van der Waals surface area contributed by atoms with Gasteiger partial charge in [-0.2, -0.15) is 0 Å². The third kappa shape index (κ3) is 4.38. The molecule has 0 bridgehead atoms. The maximum Gasteiger partial charge on any atom is 0.254 e. The van der Waals surface area contributed by atoms with Crippen molar-refractivity contribution in [1.82, 2.24) is 5.32 Å². The van der Waals surface area contributed by atoms with Crippen LogP contribution >= 0.6 is 0 Å². The summed E-state index contributed by atoms with van der Waals surface area (Å²) in [6.07, 6.45) is 1.60. The Bertz CT molecular complexity index is 499. The number of benzene rings is 1. The highest BCUT2D eigenvalue weighted by atomic mass is 19.1. The lowest BCUT2D eigenvalue weighted by Gasteiger charge is -2.15. The van der Waals surface area contributed by atoms with Crippen molar-refractivity contribution in [3.63, 3.8) is 0 Å². The molecule has 1 aromatic carbocycles. The Balaban J connectivity index is 2.95. The van der Waals surface area contributed by atoms with E-state index in [1.807, 2.05) is 13.8 Å². The first kappa shape index (κ1) is 15.2. The normalized spacial score (nSPS) is 9.95. The molecular weight excluding hydrogens is 245 g/mol. The van der Waals surface area contributed by atoms with Gasteiger partial charge in [-0.3, -0.25) is 4.79 Å². The minimum absolute atomic E-state index is 0.0170. The molecule has 0 fully saturated rings. The summed E-state index contributed by atoms with van der Waals surface area (Å²) in [5, 5.41) is 11.4. The summed E-state index contributed by atoms with van der Waals surface area (Å²) in [5.41, 5.74) is 0.488. The van der Waals surface area contributed by atoms with E-state index in [1.54, 1.807) is 0 Å². The minimum Gasteiger partial charge on any atom is -0.384 e. The van der Waals surface area contributed by atoms with Crippen LogP contribution in [-0.2, 0) is 0 Å². The van der Waals surface area contributed by atoms with E-state index in [9.17, 15) is 9.18 Å². The summed E-state index contributed by atoms with van der Waals surface area (Å²) in [6.45, 7) is 3.66. The molecule has 0 saturated heterocycles. The van der Waals surface area contributed by atoms with Crippen LogP contribution in [0, 0.1) is 17.7 Å². The van der Waals surface area contributed by atoms with Gasteiger partial charge >= 0.3 is 0 Å². The SMILES string of the molecule is CCC(CC)NC(=O)c1cc(C#CCO)ccc1F. The second-order valence-corrected chi connectivity index (χ2v) is 4.14. The van der Waals surface area contributed by atoms with Crippen LogP contribution in [0.15, 0.2) is 18.2 Å². The van der Waals surface area contributed by atoms with Crippen molar-refractivity contribution in [1.29, 1.82) is 0 Å². The maximum absolute atomic E-state index is 13.6. The topological polar surface area (TPSA) is 49.3 Å². The lowest BCUT2D eigenvalue weighted by atomic mass is 10.1. The van der Waals surface area contributed by atoms with Crippen LogP contribution in [0.5, 0.6) is 0 Å². The van der Waals surface area contributed by atoms with Gasteiger partial charge in [-0.25, -0.2) is 4.39 Å². The summed E-state index contributed by atoms with van der Waals surface area (Å²) >= 11 is 0. The lowest BCUT2D eigenvalue weighted by molar-refractivity contribution is 0.0930. The van der Waals surface area contributed by atoms with Crippen molar-refractivity contribution in [3.8, 4) is 11.8 Å². The monoisotopic (exact) mass is 263 g/mol. The van der Waals surface area contributed by atoms with E-state index in [-0.39, 0.29) is 18.2 Å². The van der Waals surface area contributed by atoms with Crippen LogP contribution in [0.2, 0.25) is 0 Å². The second kappa shape index (κ2) is 7.55. The molecule has 1 rings (SSSR count). The van der Waals surface area contributed by atoms with Gasteiger partial charge in [0.25, 0.3) is 5.91 Å². The molecule has 3 nitrogen and oxygen atoms in total. The summed E-state index contributed by atoms with van der Waals surface area (Å²) in [4.78, 5) is 12.0. The standard InChI is InChI=1S/C15H18FNO2/c1-3-12(4-2)17-15(19)13-10-11(6-5-9-18)7-8-14(13)16/h7-8,10,12,18H,3-4,9H2,1-2H3,(H,17,19). The van der Waals surface area contributed by atoms with Crippen molar-refractivity contribution >= 4 is 5.91 Å². The Labute approximate surface area is 112 Å². The van der Waals surface area contributed by atoms with Gasteiger partial charge in [0.1, 0.15) is 12.4 Å². The van der Waals surface area contributed by atoms with Crippen molar-refractivity contribution in [3.05, 3.63) is 35.1 Å². The highest BCUT2D eigenvalue weighted by Crippen LogP contribution is 2.11. The average Bonchev–Trinajstić information content (AvgIpc) is 2.43. The average molecular weight is 263 g/mol. The van der Waals surface area contributed by atoms with Crippen LogP contribution in [0.4, 0.5) is 4.39 Å². The molecule has 0 heterocycles. The lowest BCUT2D eigenvalue weighted by Crippen LogP contribution is -2.34. The predicted octanol–water partition coefficient (Wildman–Crippen LogP) is 2.09. The molecule has 0 aliphatic rings. The largest absolute Gasteiger partial charge is 0.384 e. The molecule has 0 unspecified atom stereocenters. The molecule has 0 atom stereocenters. The number of nitrogens with one attached hydrogen (secondary N) is 1.